The van der Waals surface area contributed by atoms with E-state index in [2.05, 4.69) is 16.0 Å². The van der Waals surface area contributed by atoms with Crippen LogP contribution < -0.4 is 0 Å². The van der Waals surface area contributed by atoms with Crippen molar-refractivity contribution in [2.24, 2.45) is 0 Å². The number of carbonyl (C=O) groups excluding carboxylic acids is 1. The number of pyridine rings is 1. The third-order valence-corrected chi connectivity index (χ3v) is 6.53. The van der Waals surface area contributed by atoms with E-state index in [0.717, 1.165) is 41.5 Å². The summed E-state index contributed by atoms with van der Waals surface area (Å²) in [7, 11) is 0. The smallest absolute Gasteiger partial charge is 0.265 e. The highest BCUT2D eigenvalue weighted by Gasteiger charge is 2.33. The van der Waals surface area contributed by atoms with Gasteiger partial charge in [-0.2, -0.15) is 0 Å². The molecule has 0 radical (unpaired) electrons. The second kappa shape index (κ2) is 6.61. The molecule has 1 saturated heterocycles. The predicted molar refractivity (Wildman–Crippen MR) is 93.1 cm³/mol. The first-order chi connectivity index (χ1) is 11.3. The highest BCUT2D eigenvalue weighted by atomic mass is 32.2. The standard InChI is InChI=1S/C17H19N3OS2/c21-17(16-15(12-4-5-12)19-11-22-16)20-9-6-13(7-10-20)23-14-3-1-2-8-18-14/h1-3,8,11-13H,4-7,9-10H2. The molecular weight excluding hydrogens is 326 g/mol. The fourth-order valence-electron chi connectivity index (χ4n) is 2.97. The Morgan fingerprint density at radius 1 is 1.17 bits per heavy atom. The molecule has 4 nitrogen and oxygen atoms in total. The Hall–Kier alpha value is -1.40. The Balaban J connectivity index is 1.35. The molecule has 6 heteroatoms. The highest BCUT2D eigenvalue weighted by Crippen LogP contribution is 2.42. The van der Waals surface area contributed by atoms with Gasteiger partial charge in [-0.05, 0) is 37.8 Å². The van der Waals surface area contributed by atoms with Gasteiger partial charge in [0.1, 0.15) is 4.88 Å². The number of rotatable bonds is 4. The van der Waals surface area contributed by atoms with Crippen molar-refractivity contribution in [1.29, 1.82) is 0 Å². The number of likely N-dealkylation sites (tertiary alicyclic amines) is 1. The normalized spacial score (nSPS) is 19.0. The summed E-state index contributed by atoms with van der Waals surface area (Å²) in [4.78, 5) is 24.4. The molecule has 2 fully saturated rings. The van der Waals surface area contributed by atoms with Gasteiger partial charge in [-0.1, -0.05) is 6.07 Å². The van der Waals surface area contributed by atoms with Crippen molar-refractivity contribution in [2.45, 2.75) is 41.9 Å². The lowest BCUT2D eigenvalue weighted by Gasteiger charge is -2.31. The molecule has 0 aromatic carbocycles. The van der Waals surface area contributed by atoms with Crippen molar-refractivity contribution in [3.8, 4) is 0 Å². The molecule has 2 aromatic heterocycles. The average Bonchev–Trinajstić information content (AvgIpc) is 3.33. The molecule has 2 aromatic rings. The number of piperidine rings is 1. The number of carbonyl (C=O) groups is 1. The Morgan fingerprint density at radius 3 is 2.70 bits per heavy atom. The van der Waals surface area contributed by atoms with Crippen molar-refractivity contribution >= 4 is 29.0 Å². The molecule has 120 valence electrons. The van der Waals surface area contributed by atoms with Crippen molar-refractivity contribution in [3.63, 3.8) is 0 Å². The van der Waals surface area contributed by atoms with Crippen LogP contribution in [-0.4, -0.2) is 39.1 Å². The van der Waals surface area contributed by atoms with Gasteiger partial charge in [0.2, 0.25) is 0 Å². The van der Waals surface area contributed by atoms with Gasteiger partial charge >= 0.3 is 0 Å². The predicted octanol–water partition coefficient (Wildman–Crippen LogP) is 3.81. The van der Waals surface area contributed by atoms with Gasteiger partial charge in [-0.3, -0.25) is 4.79 Å². The van der Waals surface area contributed by atoms with Crippen LogP contribution in [0.5, 0.6) is 0 Å². The Morgan fingerprint density at radius 2 is 2.00 bits per heavy atom. The van der Waals surface area contributed by atoms with Gasteiger partial charge in [-0.25, -0.2) is 9.97 Å². The second-order valence-electron chi connectivity index (χ2n) is 6.12. The molecule has 4 rings (SSSR count). The fraction of sp³-hybridized carbons (Fsp3) is 0.471. The summed E-state index contributed by atoms with van der Waals surface area (Å²) in [5.74, 6) is 0.730. The van der Waals surface area contributed by atoms with Gasteiger partial charge in [0.15, 0.2) is 0 Å². The molecule has 1 aliphatic carbocycles. The van der Waals surface area contributed by atoms with E-state index in [0.29, 0.717) is 11.2 Å². The SMILES string of the molecule is O=C(c1scnc1C1CC1)N1CCC(Sc2ccccn2)CC1. The summed E-state index contributed by atoms with van der Waals surface area (Å²) >= 11 is 3.34. The summed E-state index contributed by atoms with van der Waals surface area (Å²) in [5, 5.41) is 1.63. The minimum absolute atomic E-state index is 0.190. The molecule has 3 heterocycles. The van der Waals surface area contributed by atoms with E-state index in [-0.39, 0.29) is 5.91 Å². The largest absolute Gasteiger partial charge is 0.338 e. The zero-order valence-electron chi connectivity index (χ0n) is 12.9. The zero-order valence-corrected chi connectivity index (χ0v) is 14.5. The molecule has 0 spiro atoms. The van der Waals surface area contributed by atoms with Crippen molar-refractivity contribution in [1.82, 2.24) is 14.9 Å². The van der Waals surface area contributed by atoms with Crippen LogP contribution in [0.2, 0.25) is 0 Å². The molecule has 0 N–H and O–H groups in total. The second-order valence-corrected chi connectivity index (χ2v) is 8.29. The third-order valence-electron chi connectivity index (χ3n) is 4.41. The zero-order chi connectivity index (χ0) is 15.6. The van der Waals surface area contributed by atoms with Crippen LogP contribution in [0.25, 0.3) is 0 Å². The van der Waals surface area contributed by atoms with Crippen LogP contribution in [0.4, 0.5) is 0 Å². The Kier molecular flexibility index (Phi) is 4.35. The molecule has 23 heavy (non-hydrogen) atoms. The van der Waals surface area contributed by atoms with E-state index in [9.17, 15) is 4.79 Å². The van der Waals surface area contributed by atoms with Crippen LogP contribution in [0.1, 0.15) is 47.0 Å². The summed E-state index contributed by atoms with van der Waals surface area (Å²) in [6.45, 7) is 1.68. The average molecular weight is 345 g/mol. The number of aromatic nitrogens is 2. The molecule has 0 atom stereocenters. The van der Waals surface area contributed by atoms with E-state index >= 15 is 0 Å². The fourth-order valence-corrected chi connectivity index (χ4v) is 4.88. The van der Waals surface area contributed by atoms with Crippen LogP contribution in [0.15, 0.2) is 34.9 Å². The lowest BCUT2D eigenvalue weighted by Crippen LogP contribution is -2.39. The first-order valence-corrected chi connectivity index (χ1v) is 9.87. The van der Waals surface area contributed by atoms with Crippen molar-refractivity contribution in [2.75, 3.05) is 13.1 Å². The Bertz CT molecular complexity index is 676. The minimum atomic E-state index is 0.190. The molecule has 1 saturated carbocycles. The monoisotopic (exact) mass is 345 g/mol. The number of nitrogens with zero attached hydrogens (tertiary/aromatic N) is 3. The number of hydrogen-bond donors (Lipinski definition) is 0. The number of thiazole rings is 1. The summed E-state index contributed by atoms with van der Waals surface area (Å²) in [5.41, 5.74) is 2.87. The number of thioether (sulfide) groups is 1. The first kappa shape index (κ1) is 15.1. The van der Waals surface area contributed by atoms with Crippen molar-refractivity contribution < 1.29 is 4.79 Å². The van der Waals surface area contributed by atoms with Crippen LogP contribution in [-0.2, 0) is 0 Å². The van der Waals surface area contributed by atoms with Crippen LogP contribution in [0, 0.1) is 0 Å². The van der Waals surface area contributed by atoms with E-state index in [4.69, 9.17) is 0 Å². The van der Waals surface area contributed by atoms with Gasteiger partial charge in [-0.15, -0.1) is 23.1 Å². The topological polar surface area (TPSA) is 46.1 Å². The number of hydrogen-bond acceptors (Lipinski definition) is 5. The highest BCUT2D eigenvalue weighted by molar-refractivity contribution is 7.99. The van der Waals surface area contributed by atoms with Gasteiger partial charge in [0.05, 0.1) is 16.2 Å². The van der Waals surface area contributed by atoms with Crippen LogP contribution in [0.3, 0.4) is 0 Å². The Labute approximate surface area is 144 Å². The summed E-state index contributed by atoms with van der Waals surface area (Å²) in [6, 6.07) is 6.02. The maximum Gasteiger partial charge on any atom is 0.265 e. The lowest BCUT2D eigenvalue weighted by molar-refractivity contribution is 0.0731. The van der Waals surface area contributed by atoms with E-state index < -0.39 is 0 Å². The van der Waals surface area contributed by atoms with Gasteiger partial charge in [0, 0.05) is 30.5 Å². The summed E-state index contributed by atoms with van der Waals surface area (Å²) < 4.78 is 0. The molecule has 0 bridgehead atoms. The van der Waals surface area contributed by atoms with E-state index in [1.807, 2.05) is 40.5 Å². The molecule has 1 amide bonds. The van der Waals surface area contributed by atoms with E-state index in [1.165, 1.54) is 24.2 Å². The number of amides is 1. The molecule has 2 aliphatic rings. The van der Waals surface area contributed by atoms with Crippen LogP contribution >= 0.6 is 23.1 Å². The molecular formula is C17H19N3OS2. The maximum atomic E-state index is 12.8. The first-order valence-electron chi connectivity index (χ1n) is 8.11. The summed E-state index contributed by atoms with van der Waals surface area (Å²) in [6.07, 6.45) is 6.28. The maximum absolute atomic E-state index is 12.8. The minimum Gasteiger partial charge on any atom is -0.338 e. The van der Waals surface area contributed by atoms with Crippen molar-refractivity contribution in [3.05, 3.63) is 40.5 Å². The van der Waals surface area contributed by atoms with Gasteiger partial charge < -0.3 is 4.90 Å². The quantitative estimate of drug-likeness (QED) is 0.845. The third kappa shape index (κ3) is 3.43. The molecule has 1 aliphatic heterocycles. The molecule has 0 unspecified atom stereocenters. The lowest BCUT2D eigenvalue weighted by atomic mass is 10.1. The van der Waals surface area contributed by atoms with E-state index in [1.54, 1.807) is 0 Å². The van der Waals surface area contributed by atoms with Gasteiger partial charge in [0.25, 0.3) is 5.91 Å².